The molecular weight excluding hydrogens is 76.5 g/mol. The first-order valence-corrected chi connectivity index (χ1v) is 1.02. The minimum Gasteiger partial charge on any atom is -0.282 e. The molecule has 0 unspecified atom stereocenters. The van der Waals surface area contributed by atoms with E-state index < -0.39 is 12.1 Å². The highest BCUT2D eigenvalue weighted by Gasteiger charge is 1.67. The number of carbonyl (C=O) groups is 1. The lowest BCUT2D eigenvalue weighted by Gasteiger charge is -1.52. The average Bonchev–Trinajstić information content (AvgIpc) is 1.31. The molecule has 0 aromatic rings. The van der Waals surface area contributed by atoms with Crippen molar-refractivity contribution in [3.05, 3.63) is 0 Å². The number of halogens is 1. The molecule has 0 aromatic heterocycles. The molecular formula is C2H3ClO. The molecule has 0 heterocycles. The summed E-state index contributed by atoms with van der Waals surface area (Å²) in [4.78, 5) is 9.67. The smallest absolute Gasteiger partial charge is 0.218 e. The van der Waals surface area contributed by atoms with Gasteiger partial charge in [-0.15, -0.1) is 0 Å². The van der Waals surface area contributed by atoms with Crippen molar-refractivity contribution in [2.24, 2.45) is 0 Å². The summed E-state index contributed by atoms with van der Waals surface area (Å²) in [5.74, 6) is 0. The molecule has 0 radical (unpaired) electrons. The number of hydrogen-bond donors (Lipinski definition) is 0. The Bertz CT molecular complexity index is 85.4. The van der Waals surface area contributed by atoms with E-state index >= 15 is 0 Å². The third kappa shape index (κ3) is 1130. The van der Waals surface area contributed by atoms with E-state index in [9.17, 15) is 4.79 Å². The zero-order chi connectivity index (χ0) is 6.08. The Hall–Kier alpha value is -0.0400. The van der Waals surface area contributed by atoms with Crippen LogP contribution in [0.5, 0.6) is 0 Å². The molecule has 0 aliphatic carbocycles. The Labute approximate surface area is 33.8 Å². The van der Waals surface area contributed by atoms with Crippen molar-refractivity contribution in [2.75, 3.05) is 0 Å². The molecule has 0 saturated carbocycles. The molecule has 0 N–H and O–H groups in total. The van der Waals surface area contributed by atoms with Crippen LogP contribution in [0.15, 0.2) is 0 Å². The van der Waals surface area contributed by atoms with Crippen LogP contribution in [-0.4, -0.2) is 5.24 Å². The summed E-state index contributed by atoms with van der Waals surface area (Å²) in [5.41, 5.74) is 0. The van der Waals surface area contributed by atoms with Gasteiger partial charge in [-0.05, 0) is 11.6 Å². The van der Waals surface area contributed by atoms with Gasteiger partial charge in [0.25, 0.3) is 0 Å². The molecule has 0 aromatic carbocycles. The first-order chi connectivity index (χ1) is 2.94. The summed E-state index contributed by atoms with van der Waals surface area (Å²) in [6, 6.07) is 0. The minimum absolute atomic E-state index is 1.28. The fourth-order valence-electron chi connectivity index (χ4n) is 0. The molecule has 0 fully saturated rings. The van der Waals surface area contributed by atoms with Crippen molar-refractivity contribution in [3.8, 4) is 0 Å². The lowest BCUT2D eigenvalue weighted by Crippen LogP contribution is -1.62. The highest BCUT2D eigenvalue weighted by molar-refractivity contribution is 6.62. The molecule has 4 heavy (non-hydrogen) atoms. The van der Waals surface area contributed by atoms with E-state index in [1.54, 1.807) is 0 Å². The molecule has 0 saturated heterocycles. The molecule has 0 aliphatic heterocycles. The highest BCUT2D eigenvalue weighted by Crippen LogP contribution is 1.67. The van der Waals surface area contributed by atoms with E-state index in [-0.39, 0.29) is 0 Å². The van der Waals surface area contributed by atoms with Gasteiger partial charge in [-0.1, -0.05) is 0 Å². The number of rotatable bonds is 0. The van der Waals surface area contributed by atoms with Crippen molar-refractivity contribution in [3.63, 3.8) is 0 Å². The second-order valence-corrected chi connectivity index (χ2v) is 0.617. The molecule has 2 heteroatoms. The largest absolute Gasteiger partial charge is 0.282 e. The van der Waals surface area contributed by atoms with E-state index in [1.165, 1.54) is 0 Å². The summed E-state index contributed by atoms with van der Waals surface area (Å²) in [7, 11) is 0. The number of carbonyl (C=O) groups excluding carboxylic acids is 1. The summed E-state index contributed by atoms with van der Waals surface area (Å²) in [5, 5.41) is -1.28. The monoisotopic (exact) mass is 82.0 g/mol. The predicted octanol–water partition coefficient (Wildman–Crippen LogP) is 0.772. The summed E-state index contributed by atoms with van der Waals surface area (Å²) < 4.78 is 18.7. The lowest BCUT2D eigenvalue weighted by atomic mass is 11.3. The average molecular weight is 82.5 g/mol. The maximum absolute atomic E-state index is 9.67. The van der Waals surface area contributed by atoms with Gasteiger partial charge in [-0.25, -0.2) is 0 Å². The van der Waals surface area contributed by atoms with Crippen LogP contribution in [0.2, 0.25) is 0 Å². The zero-order valence-electron chi connectivity index (χ0n) is 4.79. The van der Waals surface area contributed by atoms with Gasteiger partial charge in [-0.2, -0.15) is 0 Å². The van der Waals surface area contributed by atoms with Crippen LogP contribution in [0.25, 0.3) is 0 Å². The van der Waals surface area contributed by atoms with Crippen LogP contribution in [-0.2, 0) is 4.79 Å². The molecule has 0 atom stereocenters. The van der Waals surface area contributed by atoms with Gasteiger partial charge in [0, 0.05) is 11.0 Å². The third-order valence-corrected chi connectivity index (χ3v) is 0. The Balaban J connectivity index is 3.79. The molecule has 0 bridgehead atoms. The van der Waals surface area contributed by atoms with Crippen molar-refractivity contribution in [1.82, 2.24) is 0 Å². The second-order valence-electron chi connectivity index (χ2n) is 0.274. The zero-order valence-corrected chi connectivity index (χ0v) is 2.54. The van der Waals surface area contributed by atoms with Crippen LogP contribution in [0.3, 0.4) is 0 Å². The fraction of sp³-hybridized carbons (Fsp3) is 0.500. The third-order valence-electron chi connectivity index (χ3n) is 0. The second kappa shape index (κ2) is 1.30. The van der Waals surface area contributed by atoms with Gasteiger partial charge in [-0.3, -0.25) is 4.79 Å². The van der Waals surface area contributed by atoms with Crippen LogP contribution in [0.4, 0.5) is 0 Å². The summed E-state index contributed by atoms with van der Waals surface area (Å²) >= 11 is 4.55. The maximum Gasteiger partial charge on any atom is 0.218 e. The lowest BCUT2D eigenvalue weighted by molar-refractivity contribution is -0.109. The maximum atomic E-state index is 9.67. The van der Waals surface area contributed by atoms with Gasteiger partial charge in [0.15, 0.2) is 0 Å². The number of hydrogen-bond acceptors (Lipinski definition) is 1. The van der Waals surface area contributed by atoms with Crippen LogP contribution < -0.4 is 0 Å². The molecule has 1 nitrogen and oxygen atoms in total. The summed E-state index contributed by atoms with van der Waals surface area (Å²) in [6.45, 7) is -2.62. The van der Waals surface area contributed by atoms with Gasteiger partial charge >= 0.3 is 0 Å². The van der Waals surface area contributed by atoms with E-state index in [1.807, 2.05) is 0 Å². The Kier molecular flexibility index (Phi) is 0.317. The van der Waals surface area contributed by atoms with E-state index in [4.69, 9.17) is 4.11 Å². The van der Waals surface area contributed by atoms with Crippen molar-refractivity contribution >= 4 is 16.8 Å². The molecule has 0 aliphatic rings. The normalized spacial score (nSPS) is 20.8. The van der Waals surface area contributed by atoms with Crippen molar-refractivity contribution in [2.45, 2.75) is 6.85 Å². The van der Waals surface area contributed by atoms with E-state index in [2.05, 4.69) is 11.6 Å². The van der Waals surface area contributed by atoms with Gasteiger partial charge < -0.3 is 0 Å². The van der Waals surface area contributed by atoms with Crippen LogP contribution in [0, 0.1) is 0 Å². The van der Waals surface area contributed by atoms with Crippen LogP contribution in [0.1, 0.15) is 11.0 Å². The highest BCUT2D eigenvalue weighted by atomic mass is 35.5. The van der Waals surface area contributed by atoms with Crippen molar-refractivity contribution in [1.29, 1.82) is 0 Å². The van der Waals surface area contributed by atoms with Gasteiger partial charge in [0.2, 0.25) is 5.24 Å². The Morgan fingerprint density at radius 3 is 2.75 bits per heavy atom. The molecule has 0 rings (SSSR count). The first-order valence-electron chi connectivity index (χ1n) is 2.14. The van der Waals surface area contributed by atoms with Crippen molar-refractivity contribution < 1.29 is 8.91 Å². The van der Waals surface area contributed by atoms with E-state index in [0.717, 1.165) is 0 Å². The summed E-state index contributed by atoms with van der Waals surface area (Å²) in [6.07, 6.45) is 0. The Morgan fingerprint density at radius 1 is 2.50 bits per heavy atom. The van der Waals surface area contributed by atoms with Gasteiger partial charge in [0.1, 0.15) is 0 Å². The fourth-order valence-corrected chi connectivity index (χ4v) is 0. The standard InChI is InChI=1S/C2H3ClO/c1-2(3)4/h1H3/i1D3,2+1. The quantitative estimate of drug-likeness (QED) is 0.312. The predicted molar refractivity (Wildman–Crippen MR) is 16.5 cm³/mol. The first kappa shape index (κ1) is 0.977. The Morgan fingerprint density at radius 2 is 2.75 bits per heavy atom. The molecule has 24 valence electrons. The topological polar surface area (TPSA) is 17.1 Å². The minimum atomic E-state index is -2.62. The van der Waals surface area contributed by atoms with E-state index in [0.29, 0.717) is 0 Å². The molecule has 0 amide bonds. The molecule has 0 spiro atoms. The SMILES string of the molecule is [2H]C([2H])([2H])[13C](=O)Cl. The van der Waals surface area contributed by atoms with Crippen LogP contribution >= 0.6 is 11.6 Å². The van der Waals surface area contributed by atoms with Gasteiger partial charge in [0.05, 0.1) is 0 Å².